The molecule has 2 aliphatic heterocycles. The smallest absolute Gasteiger partial charge is 0.191 e. The third kappa shape index (κ3) is 7.53. The number of halogens is 2. The van der Waals surface area contributed by atoms with Crippen LogP contribution >= 0.6 is 24.0 Å². The van der Waals surface area contributed by atoms with Crippen molar-refractivity contribution < 1.29 is 9.13 Å². The maximum absolute atomic E-state index is 14.5. The second-order valence-electron chi connectivity index (χ2n) is 7.97. The molecule has 2 saturated heterocycles. The van der Waals surface area contributed by atoms with E-state index in [1.807, 2.05) is 17.0 Å². The number of guanidine groups is 1. The second kappa shape index (κ2) is 13.3. The summed E-state index contributed by atoms with van der Waals surface area (Å²) in [5.74, 6) is 0.583. The monoisotopic (exact) mass is 533 g/mol. The zero-order valence-electron chi connectivity index (χ0n) is 18.3. The molecule has 6 nitrogen and oxygen atoms in total. The summed E-state index contributed by atoms with van der Waals surface area (Å²) >= 11 is 0. The Morgan fingerprint density at radius 2 is 2.00 bits per heavy atom. The summed E-state index contributed by atoms with van der Waals surface area (Å²) in [5.41, 5.74) is 1.57. The van der Waals surface area contributed by atoms with Crippen molar-refractivity contribution in [2.75, 3.05) is 57.9 Å². The Labute approximate surface area is 197 Å². The lowest BCUT2D eigenvalue weighted by atomic mass is 10.0. The molecular formula is C22H37FIN5O. The van der Waals surface area contributed by atoms with Crippen molar-refractivity contribution in [3.63, 3.8) is 0 Å². The SMILES string of the molecule is CN=C(NCCCN1CCCCC1C)NCc1ccc(N2CCOCC2)c(F)c1.I. The normalized spacial score (nSPS) is 20.6. The molecule has 0 saturated carbocycles. The molecule has 2 heterocycles. The van der Waals surface area contributed by atoms with Gasteiger partial charge < -0.3 is 25.2 Å². The fourth-order valence-corrected chi connectivity index (χ4v) is 4.11. The van der Waals surface area contributed by atoms with Gasteiger partial charge in [-0.05, 0) is 50.4 Å². The Hall–Kier alpha value is -1.13. The molecule has 0 aromatic heterocycles. The molecule has 1 unspecified atom stereocenters. The van der Waals surface area contributed by atoms with Gasteiger partial charge in [0.05, 0.1) is 18.9 Å². The largest absolute Gasteiger partial charge is 0.378 e. The number of hydrogen-bond acceptors (Lipinski definition) is 4. The van der Waals surface area contributed by atoms with E-state index < -0.39 is 0 Å². The molecule has 0 aliphatic carbocycles. The zero-order chi connectivity index (χ0) is 20.5. The van der Waals surface area contributed by atoms with E-state index in [4.69, 9.17) is 4.74 Å². The standard InChI is InChI=1S/C22H36FN5O.HI/c1-18-6-3-4-10-27(18)11-5-9-25-22(24-2)26-17-19-7-8-21(20(23)16-19)28-12-14-29-15-13-28;/h7-8,16,18H,3-6,9-15,17H2,1-2H3,(H2,24,25,26);1H. The molecule has 1 aromatic carbocycles. The van der Waals surface area contributed by atoms with E-state index in [0.29, 0.717) is 31.5 Å². The third-order valence-corrected chi connectivity index (χ3v) is 5.90. The lowest BCUT2D eigenvalue weighted by Crippen LogP contribution is -2.41. The number of nitrogens with zero attached hydrogens (tertiary/aromatic N) is 3. The van der Waals surface area contributed by atoms with Gasteiger partial charge in [0.1, 0.15) is 5.82 Å². The number of hydrogen-bond donors (Lipinski definition) is 2. The van der Waals surface area contributed by atoms with Crippen LogP contribution in [0.5, 0.6) is 0 Å². The summed E-state index contributed by atoms with van der Waals surface area (Å²) in [6, 6.07) is 6.17. The van der Waals surface area contributed by atoms with E-state index in [1.54, 1.807) is 13.1 Å². The van der Waals surface area contributed by atoms with E-state index in [-0.39, 0.29) is 29.8 Å². The molecule has 30 heavy (non-hydrogen) atoms. The number of ether oxygens (including phenoxy) is 1. The van der Waals surface area contributed by atoms with Gasteiger partial charge in [-0.2, -0.15) is 0 Å². The predicted molar refractivity (Wildman–Crippen MR) is 133 cm³/mol. The highest BCUT2D eigenvalue weighted by Crippen LogP contribution is 2.21. The number of aliphatic imine (C=N–C) groups is 1. The van der Waals surface area contributed by atoms with Crippen LogP contribution < -0.4 is 15.5 Å². The van der Waals surface area contributed by atoms with Gasteiger partial charge in [0.15, 0.2) is 5.96 Å². The van der Waals surface area contributed by atoms with Crippen molar-refractivity contribution in [2.24, 2.45) is 4.99 Å². The Morgan fingerprint density at radius 3 is 2.70 bits per heavy atom. The van der Waals surface area contributed by atoms with Gasteiger partial charge in [0.2, 0.25) is 0 Å². The average Bonchev–Trinajstić information content (AvgIpc) is 2.75. The Bertz CT molecular complexity index is 669. The van der Waals surface area contributed by atoms with E-state index in [2.05, 4.69) is 27.4 Å². The van der Waals surface area contributed by atoms with Gasteiger partial charge in [-0.3, -0.25) is 4.99 Å². The van der Waals surface area contributed by atoms with Gasteiger partial charge in [-0.25, -0.2) is 4.39 Å². The van der Waals surface area contributed by atoms with E-state index in [1.165, 1.54) is 25.8 Å². The number of piperidine rings is 1. The Morgan fingerprint density at radius 1 is 1.20 bits per heavy atom. The fourth-order valence-electron chi connectivity index (χ4n) is 4.11. The van der Waals surface area contributed by atoms with Crippen LogP contribution in [0.15, 0.2) is 23.2 Å². The minimum Gasteiger partial charge on any atom is -0.378 e. The summed E-state index contributed by atoms with van der Waals surface area (Å²) in [4.78, 5) is 8.91. The first kappa shape index (κ1) is 25.1. The number of nitrogens with one attached hydrogen (secondary N) is 2. The summed E-state index contributed by atoms with van der Waals surface area (Å²) in [6.45, 7) is 8.89. The summed E-state index contributed by atoms with van der Waals surface area (Å²) < 4.78 is 19.9. The van der Waals surface area contributed by atoms with Crippen LogP contribution in [0.3, 0.4) is 0 Å². The van der Waals surface area contributed by atoms with Gasteiger partial charge in [0, 0.05) is 45.8 Å². The topological polar surface area (TPSA) is 52.1 Å². The first-order chi connectivity index (χ1) is 14.2. The highest BCUT2D eigenvalue weighted by atomic mass is 127. The van der Waals surface area contributed by atoms with Gasteiger partial charge in [0.25, 0.3) is 0 Å². The minimum atomic E-state index is -0.176. The fraction of sp³-hybridized carbons (Fsp3) is 0.682. The van der Waals surface area contributed by atoms with Gasteiger partial charge >= 0.3 is 0 Å². The van der Waals surface area contributed by atoms with E-state index in [9.17, 15) is 4.39 Å². The molecule has 0 spiro atoms. The van der Waals surface area contributed by atoms with Crippen LogP contribution in [0.25, 0.3) is 0 Å². The van der Waals surface area contributed by atoms with Crippen LogP contribution in [0.1, 0.15) is 38.2 Å². The van der Waals surface area contributed by atoms with Crippen LogP contribution in [-0.2, 0) is 11.3 Å². The first-order valence-electron chi connectivity index (χ1n) is 11.0. The third-order valence-electron chi connectivity index (χ3n) is 5.90. The van der Waals surface area contributed by atoms with Crippen molar-refractivity contribution in [1.29, 1.82) is 0 Å². The lowest BCUT2D eigenvalue weighted by molar-refractivity contribution is 0.122. The van der Waals surface area contributed by atoms with Crippen LogP contribution in [0.2, 0.25) is 0 Å². The highest BCUT2D eigenvalue weighted by molar-refractivity contribution is 14.0. The molecule has 3 rings (SSSR count). The number of likely N-dealkylation sites (tertiary alicyclic amines) is 1. The van der Waals surface area contributed by atoms with Crippen molar-refractivity contribution in [3.05, 3.63) is 29.6 Å². The first-order valence-corrected chi connectivity index (χ1v) is 11.0. The molecule has 1 aromatic rings. The molecular weight excluding hydrogens is 496 g/mol. The molecule has 2 aliphatic rings. The lowest BCUT2D eigenvalue weighted by Gasteiger charge is -2.33. The van der Waals surface area contributed by atoms with Crippen LogP contribution in [0, 0.1) is 5.82 Å². The number of morpholine rings is 1. The van der Waals surface area contributed by atoms with Crippen molar-refractivity contribution in [2.45, 2.75) is 45.2 Å². The number of anilines is 1. The summed E-state index contributed by atoms with van der Waals surface area (Å²) in [5, 5.41) is 6.65. The highest BCUT2D eigenvalue weighted by Gasteiger charge is 2.17. The van der Waals surface area contributed by atoms with Crippen LogP contribution in [0.4, 0.5) is 10.1 Å². The van der Waals surface area contributed by atoms with Crippen molar-refractivity contribution in [3.8, 4) is 0 Å². The van der Waals surface area contributed by atoms with E-state index >= 15 is 0 Å². The quantitative estimate of drug-likeness (QED) is 0.244. The van der Waals surface area contributed by atoms with Gasteiger partial charge in [-0.15, -0.1) is 24.0 Å². The van der Waals surface area contributed by atoms with Crippen molar-refractivity contribution in [1.82, 2.24) is 15.5 Å². The molecule has 0 amide bonds. The minimum absolute atomic E-state index is 0. The van der Waals surface area contributed by atoms with Gasteiger partial charge in [-0.1, -0.05) is 12.5 Å². The Balaban J connectivity index is 0.00000320. The molecule has 170 valence electrons. The van der Waals surface area contributed by atoms with Crippen LogP contribution in [-0.4, -0.2) is 69.9 Å². The second-order valence-corrected chi connectivity index (χ2v) is 7.97. The molecule has 0 bridgehead atoms. The molecule has 8 heteroatoms. The molecule has 1 atom stereocenters. The number of benzene rings is 1. The maximum atomic E-state index is 14.5. The average molecular weight is 533 g/mol. The molecule has 2 fully saturated rings. The summed E-state index contributed by atoms with van der Waals surface area (Å²) in [7, 11) is 1.77. The van der Waals surface area contributed by atoms with E-state index in [0.717, 1.165) is 44.1 Å². The summed E-state index contributed by atoms with van der Waals surface area (Å²) in [6.07, 6.45) is 5.09. The number of rotatable bonds is 7. The predicted octanol–water partition coefficient (Wildman–Crippen LogP) is 3.21. The molecule has 2 N–H and O–H groups in total. The maximum Gasteiger partial charge on any atom is 0.191 e. The van der Waals surface area contributed by atoms with Crippen molar-refractivity contribution >= 4 is 35.6 Å². The zero-order valence-corrected chi connectivity index (χ0v) is 20.7. The molecule has 0 radical (unpaired) electrons. The Kier molecular flexibility index (Phi) is 11.2.